The van der Waals surface area contributed by atoms with Crippen molar-refractivity contribution in [2.75, 3.05) is 6.54 Å². The minimum absolute atomic E-state index is 0.355. The van der Waals surface area contributed by atoms with E-state index in [1.165, 1.54) is 11.1 Å². The van der Waals surface area contributed by atoms with Gasteiger partial charge in [0.25, 0.3) is 0 Å². The Kier molecular flexibility index (Phi) is 4.90. The second-order valence-corrected chi connectivity index (χ2v) is 5.30. The summed E-state index contributed by atoms with van der Waals surface area (Å²) in [6.07, 6.45) is 6.12. The van der Waals surface area contributed by atoms with Crippen molar-refractivity contribution in [3.8, 4) is 0 Å². The molecule has 1 N–H and O–H groups in total. The highest BCUT2D eigenvalue weighted by molar-refractivity contribution is 5.25. The van der Waals surface area contributed by atoms with Crippen molar-refractivity contribution in [1.82, 2.24) is 20.1 Å². The van der Waals surface area contributed by atoms with E-state index in [1.807, 2.05) is 24.9 Å². The minimum atomic E-state index is 0.355. The van der Waals surface area contributed by atoms with E-state index in [1.54, 1.807) is 0 Å². The lowest BCUT2D eigenvalue weighted by atomic mass is 9.98. The number of nitrogens with zero attached hydrogens (tertiary/aromatic N) is 3. The van der Waals surface area contributed by atoms with Crippen LogP contribution in [0.4, 0.5) is 0 Å². The fourth-order valence-electron chi connectivity index (χ4n) is 2.59. The van der Waals surface area contributed by atoms with E-state index in [0.29, 0.717) is 6.04 Å². The molecule has 0 bridgehead atoms. The SMILES string of the molecule is CCNC(CCc1cnn(C)c1)c1ccc(C)nc1C. The predicted octanol–water partition coefficient (Wildman–Crippen LogP) is 2.72. The maximum absolute atomic E-state index is 4.58. The van der Waals surface area contributed by atoms with Crippen LogP contribution in [-0.4, -0.2) is 21.3 Å². The van der Waals surface area contributed by atoms with Gasteiger partial charge in [-0.25, -0.2) is 0 Å². The summed E-state index contributed by atoms with van der Waals surface area (Å²) in [5.74, 6) is 0. The number of aryl methyl sites for hydroxylation is 4. The lowest BCUT2D eigenvalue weighted by Gasteiger charge is -2.20. The average Bonchev–Trinajstić information content (AvgIpc) is 2.81. The van der Waals surface area contributed by atoms with Gasteiger partial charge in [-0.15, -0.1) is 0 Å². The van der Waals surface area contributed by atoms with Crippen LogP contribution in [0, 0.1) is 13.8 Å². The van der Waals surface area contributed by atoms with Crippen LogP contribution in [0.1, 0.15) is 41.9 Å². The molecule has 0 saturated carbocycles. The van der Waals surface area contributed by atoms with E-state index in [9.17, 15) is 0 Å². The second-order valence-electron chi connectivity index (χ2n) is 5.30. The van der Waals surface area contributed by atoms with E-state index < -0.39 is 0 Å². The third-order valence-corrected chi connectivity index (χ3v) is 3.57. The van der Waals surface area contributed by atoms with Crippen molar-refractivity contribution in [2.45, 2.75) is 39.7 Å². The number of pyridine rings is 1. The van der Waals surface area contributed by atoms with E-state index in [0.717, 1.165) is 30.8 Å². The van der Waals surface area contributed by atoms with Gasteiger partial charge >= 0.3 is 0 Å². The fourth-order valence-corrected chi connectivity index (χ4v) is 2.59. The van der Waals surface area contributed by atoms with Crippen LogP contribution in [0.2, 0.25) is 0 Å². The Hall–Kier alpha value is -1.68. The van der Waals surface area contributed by atoms with Crippen LogP contribution in [-0.2, 0) is 13.5 Å². The summed E-state index contributed by atoms with van der Waals surface area (Å²) < 4.78 is 1.86. The molecule has 0 fully saturated rings. The quantitative estimate of drug-likeness (QED) is 0.879. The van der Waals surface area contributed by atoms with Gasteiger partial charge < -0.3 is 5.32 Å². The molecular weight excluding hydrogens is 248 g/mol. The topological polar surface area (TPSA) is 42.7 Å². The van der Waals surface area contributed by atoms with E-state index in [2.05, 4.69) is 47.6 Å². The first-order valence-corrected chi connectivity index (χ1v) is 7.25. The lowest BCUT2D eigenvalue weighted by Crippen LogP contribution is -2.22. The Bertz CT molecular complexity index is 559. The summed E-state index contributed by atoms with van der Waals surface area (Å²) in [4.78, 5) is 4.58. The maximum Gasteiger partial charge on any atom is 0.0521 e. The zero-order chi connectivity index (χ0) is 14.5. The summed E-state index contributed by atoms with van der Waals surface area (Å²) in [5, 5.41) is 7.80. The molecule has 2 heterocycles. The van der Waals surface area contributed by atoms with Gasteiger partial charge in [0, 0.05) is 30.7 Å². The molecule has 2 aromatic heterocycles. The Balaban J connectivity index is 2.09. The first kappa shape index (κ1) is 14.7. The molecule has 0 radical (unpaired) electrons. The highest BCUT2D eigenvalue weighted by Crippen LogP contribution is 2.21. The number of nitrogens with one attached hydrogen (secondary N) is 1. The fraction of sp³-hybridized carbons (Fsp3) is 0.500. The molecule has 0 saturated heterocycles. The zero-order valence-electron chi connectivity index (χ0n) is 12.8. The maximum atomic E-state index is 4.58. The van der Waals surface area contributed by atoms with Crippen LogP contribution in [0.15, 0.2) is 24.5 Å². The molecular formula is C16H24N4. The van der Waals surface area contributed by atoms with E-state index in [-0.39, 0.29) is 0 Å². The van der Waals surface area contributed by atoms with Gasteiger partial charge in [-0.2, -0.15) is 5.10 Å². The molecule has 1 atom stereocenters. The van der Waals surface area contributed by atoms with Crippen molar-refractivity contribution in [2.24, 2.45) is 7.05 Å². The van der Waals surface area contributed by atoms with Crippen molar-refractivity contribution in [3.05, 3.63) is 47.0 Å². The Morgan fingerprint density at radius 3 is 2.70 bits per heavy atom. The Morgan fingerprint density at radius 1 is 1.30 bits per heavy atom. The van der Waals surface area contributed by atoms with Crippen LogP contribution in [0.25, 0.3) is 0 Å². The summed E-state index contributed by atoms with van der Waals surface area (Å²) in [6.45, 7) is 7.24. The molecule has 0 aliphatic carbocycles. The third-order valence-electron chi connectivity index (χ3n) is 3.57. The molecule has 1 unspecified atom stereocenters. The number of aromatic nitrogens is 3. The highest BCUT2D eigenvalue weighted by atomic mass is 15.2. The van der Waals surface area contributed by atoms with Gasteiger partial charge in [-0.3, -0.25) is 9.67 Å². The Labute approximate surface area is 121 Å². The molecule has 0 amide bonds. The standard InChI is InChI=1S/C16H24N4/c1-5-17-16(9-7-14-10-18-20(4)11-14)15-8-6-12(2)19-13(15)3/h6,8,10-11,16-17H,5,7,9H2,1-4H3. The molecule has 4 nitrogen and oxygen atoms in total. The molecule has 0 aliphatic heterocycles. The number of hydrogen-bond donors (Lipinski definition) is 1. The minimum Gasteiger partial charge on any atom is -0.310 e. The normalized spacial score (nSPS) is 12.6. The number of rotatable bonds is 6. The van der Waals surface area contributed by atoms with Crippen LogP contribution in [0.5, 0.6) is 0 Å². The van der Waals surface area contributed by atoms with Gasteiger partial charge in [-0.1, -0.05) is 13.0 Å². The van der Waals surface area contributed by atoms with E-state index in [4.69, 9.17) is 0 Å². The molecule has 0 aliphatic rings. The summed E-state index contributed by atoms with van der Waals surface area (Å²) in [5.41, 5.74) is 4.80. The molecule has 0 aromatic carbocycles. The molecule has 4 heteroatoms. The first-order valence-electron chi connectivity index (χ1n) is 7.25. The Morgan fingerprint density at radius 2 is 2.10 bits per heavy atom. The average molecular weight is 272 g/mol. The lowest BCUT2D eigenvalue weighted by molar-refractivity contribution is 0.511. The van der Waals surface area contributed by atoms with Gasteiger partial charge in [0.15, 0.2) is 0 Å². The van der Waals surface area contributed by atoms with Crippen molar-refractivity contribution in [3.63, 3.8) is 0 Å². The smallest absolute Gasteiger partial charge is 0.0521 e. The van der Waals surface area contributed by atoms with Gasteiger partial charge in [0.1, 0.15) is 0 Å². The van der Waals surface area contributed by atoms with Gasteiger partial charge in [0.2, 0.25) is 0 Å². The predicted molar refractivity (Wildman–Crippen MR) is 81.7 cm³/mol. The summed E-state index contributed by atoms with van der Waals surface area (Å²) in [6, 6.07) is 4.65. The largest absolute Gasteiger partial charge is 0.310 e. The van der Waals surface area contributed by atoms with Gasteiger partial charge in [0.05, 0.1) is 6.20 Å². The van der Waals surface area contributed by atoms with Crippen LogP contribution < -0.4 is 5.32 Å². The van der Waals surface area contributed by atoms with Crippen molar-refractivity contribution in [1.29, 1.82) is 0 Å². The van der Waals surface area contributed by atoms with Crippen LogP contribution >= 0.6 is 0 Å². The van der Waals surface area contributed by atoms with Gasteiger partial charge in [-0.05, 0) is 50.4 Å². The van der Waals surface area contributed by atoms with Crippen LogP contribution in [0.3, 0.4) is 0 Å². The second kappa shape index (κ2) is 6.66. The first-order chi connectivity index (χ1) is 9.60. The highest BCUT2D eigenvalue weighted by Gasteiger charge is 2.14. The van der Waals surface area contributed by atoms with E-state index >= 15 is 0 Å². The molecule has 2 rings (SSSR count). The van der Waals surface area contributed by atoms with Crippen molar-refractivity contribution < 1.29 is 0 Å². The molecule has 0 spiro atoms. The number of hydrogen-bond acceptors (Lipinski definition) is 3. The van der Waals surface area contributed by atoms with Crippen molar-refractivity contribution >= 4 is 0 Å². The molecule has 2 aromatic rings. The third kappa shape index (κ3) is 3.67. The molecule has 20 heavy (non-hydrogen) atoms. The monoisotopic (exact) mass is 272 g/mol. The molecule has 108 valence electrons. The summed E-state index contributed by atoms with van der Waals surface area (Å²) >= 11 is 0. The summed E-state index contributed by atoms with van der Waals surface area (Å²) in [7, 11) is 1.96. The zero-order valence-corrected chi connectivity index (χ0v) is 12.8.